The molecule has 0 amide bonds. The summed E-state index contributed by atoms with van der Waals surface area (Å²) in [6, 6.07) is 23.2. The number of halogens is 1. The Bertz CT molecular complexity index is 1320. The van der Waals surface area contributed by atoms with Gasteiger partial charge in [0.15, 0.2) is 11.5 Å². The Hall–Kier alpha value is -3.64. The minimum Gasteiger partial charge on any atom is -0.456 e. The van der Waals surface area contributed by atoms with Crippen LogP contribution in [-0.4, -0.2) is 42.1 Å². The third-order valence-electron chi connectivity index (χ3n) is 6.05. The molecule has 1 aromatic heterocycles. The van der Waals surface area contributed by atoms with Gasteiger partial charge in [0.05, 0.1) is 11.0 Å². The third-order valence-corrected chi connectivity index (χ3v) is 6.28. The highest BCUT2D eigenvalue weighted by molar-refractivity contribution is 6.30. The Morgan fingerprint density at radius 3 is 2.26 bits per heavy atom. The van der Waals surface area contributed by atoms with Crippen molar-refractivity contribution in [1.29, 1.82) is 0 Å². The number of esters is 1. The summed E-state index contributed by atoms with van der Waals surface area (Å²) in [7, 11) is 0. The number of nitrogens with zero attached hydrogens (tertiary/aromatic N) is 4. The summed E-state index contributed by atoms with van der Waals surface area (Å²) in [6.45, 7) is 5.27. The summed E-state index contributed by atoms with van der Waals surface area (Å²) in [4.78, 5) is 27.0. The summed E-state index contributed by atoms with van der Waals surface area (Å²) in [5.41, 5.74) is 4.93. The number of carbonyl (C=O) groups excluding carboxylic acids is 1. The van der Waals surface area contributed by atoms with Crippen LogP contribution < -0.4 is 9.80 Å². The van der Waals surface area contributed by atoms with E-state index in [1.807, 2.05) is 72.8 Å². The van der Waals surface area contributed by atoms with Gasteiger partial charge in [-0.25, -0.2) is 14.8 Å². The second kappa shape index (κ2) is 9.69. The van der Waals surface area contributed by atoms with Crippen molar-refractivity contribution >= 4 is 40.1 Å². The van der Waals surface area contributed by atoms with Gasteiger partial charge in [-0.1, -0.05) is 60.1 Å². The van der Waals surface area contributed by atoms with E-state index >= 15 is 0 Å². The van der Waals surface area contributed by atoms with Crippen LogP contribution in [0.1, 0.15) is 21.6 Å². The van der Waals surface area contributed by atoms with E-state index in [4.69, 9.17) is 21.3 Å². The van der Waals surface area contributed by atoms with Gasteiger partial charge in [0, 0.05) is 36.9 Å². The number of para-hydroxylation sites is 2. The van der Waals surface area contributed by atoms with Crippen molar-refractivity contribution in [2.45, 2.75) is 13.5 Å². The monoisotopic (exact) mass is 472 g/mol. The molecule has 5 rings (SSSR count). The van der Waals surface area contributed by atoms with Crippen LogP contribution in [0.2, 0.25) is 5.02 Å². The molecule has 0 unspecified atom stereocenters. The molecular weight excluding hydrogens is 448 g/mol. The normalized spacial score (nSPS) is 13.8. The molecule has 0 saturated carbocycles. The zero-order valence-electron chi connectivity index (χ0n) is 18.9. The molecule has 34 heavy (non-hydrogen) atoms. The molecule has 7 heteroatoms. The number of carbonyl (C=O) groups is 1. The van der Waals surface area contributed by atoms with Crippen LogP contribution in [0.3, 0.4) is 0 Å². The minimum atomic E-state index is -0.467. The van der Waals surface area contributed by atoms with E-state index in [9.17, 15) is 4.79 Å². The number of anilines is 2. The van der Waals surface area contributed by atoms with E-state index in [1.165, 1.54) is 5.56 Å². The first kappa shape index (κ1) is 22.2. The summed E-state index contributed by atoms with van der Waals surface area (Å²) >= 11 is 6.24. The highest BCUT2D eigenvalue weighted by Crippen LogP contribution is 2.28. The molecule has 6 nitrogen and oxygen atoms in total. The second-order valence-corrected chi connectivity index (χ2v) is 8.79. The van der Waals surface area contributed by atoms with Gasteiger partial charge in [-0.3, -0.25) is 0 Å². The van der Waals surface area contributed by atoms with Crippen LogP contribution in [0.4, 0.5) is 11.5 Å². The lowest BCUT2D eigenvalue weighted by Gasteiger charge is -2.37. The zero-order chi connectivity index (χ0) is 23.5. The molecule has 1 aliphatic rings. The van der Waals surface area contributed by atoms with E-state index in [2.05, 4.69) is 21.7 Å². The Kier molecular flexibility index (Phi) is 6.32. The molecule has 1 aliphatic heterocycles. The van der Waals surface area contributed by atoms with Gasteiger partial charge in [0.2, 0.25) is 0 Å². The van der Waals surface area contributed by atoms with Gasteiger partial charge in [-0.2, -0.15) is 0 Å². The first-order valence-electron chi connectivity index (χ1n) is 11.3. The van der Waals surface area contributed by atoms with Gasteiger partial charge in [0.25, 0.3) is 0 Å². The van der Waals surface area contributed by atoms with Gasteiger partial charge < -0.3 is 14.5 Å². The maximum Gasteiger partial charge on any atom is 0.361 e. The van der Waals surface area contributed by atoms with Gasteiger partial charge in [0.1, 0.15) is 6.61 Å². The maximum atomic E-state index is 13.1. The summed E-state index contributed by atoms with van der Waals surface area (Å²) in [6.07, 6.45) is 0. The predicted molar refractivity (Wildman–Crippen MR) is 136 cm³/mol. The number of rotatable bonds is 5. The summed E-state index contributed by atoms with van der Waals surface area (Å²) in [5.74, 6) is 0.101. The maximum absolute atomic E-state index is 13.1. The lowest BCUT2D eigenvalue weighted by Crippen LogP contribution is -2.47. The van der Waals surface area contributed by atoms with Crippen LogP contribution in [0.15, 0.2) is 72.8 Å². The van der Waals surface area contributed by atoms with E-state index in [0.29, 0.717) is 24.4 Å². The first-order chi connectivity index (χ1) is 16.6. The fourth-order valence-corrected chi connectivity index (χ4v) is 4.39. The second-order valence-electron chi connectivity index (χ2n) is 8.35. The van der Waals surface area contributed by atoms with Crippen LogP contribution in [0.5, 0.6) is 0 Å². The van der Waals surface area contributed by atoms with E-state index < -0.39 is 5.97 Å². The molecule has 0 N–H and O–H groups in total. The lowest BCUT2D eigenvalue weighted by molar-refractivity contribution is 0.0466. The fourth-order valence-electron chi connectivity index (χ4n) is 4.22. The largest absolute Gasteiger partial charge is 0.456 e. The average Bonchev–Trinajstić information content (AvgIpc) is 2.88. The quantitative estimate of drug-likeness (QED) is 0.368. The van der Waals surface area contributed by atoms with Crippen molar-refractivity contribution in [3.8, 4) is 0 Å². The number of ether oxygens (including phenoxy) is 1. The number of hydrogen-bond acceptors (Lipinski definition) is 6. The van der Waals surface area contributed by atoms with Crippen molar-refractivity contribution < 1.29 is 9.53 Å². The van der Waals surface area contributed by atoms with Crippen LogP contribution in [-0.2, 0) is 11.3 Å². The summed E-state index contributed by atoms with van der Waals surface area (Å²) < 4.78 is 5.62. The molecule has 3 aromatic carbocycles. The molecular formula is C27H25ClN4O2. The Morgan fingerprint density at radius 1 is 0.882 bits per heavy atom. The number of piperazine rings is 1. The van der Waals surface area contributed by atoms with E-state index in [1.54, 1.807) is 0 Å². The molecule has 0 bridgehead atoms. The van der Waals surface area contributed by atoms with Crippen LogP contribution in [0.25, 0.3) is 11.0 Å². The van der Waals surface area contributed by atoms with Crippen molar-refractivity contribution in [2.75, 3.05) is 36.0 Å². The van der Waals surface area contributed by atoms with Crippen molar-refractivity contribution in [2.24, 2.45) is 0 Å². The lowest BCUT2D eigenvalue weighted by atomic mass is 10.1. The number of benzene rings is 3. The fraction of sp³-hybridized carbons (Fsp3) is 0.222. The van der Waals surface area contributed by atoms with Crippen LogP contribution >= 0.6 is 11.6 Å². The Labute approximate surface area is 203 Å². The van der Waals surface area contributed by atoms with Crippen molar-refractivity contribution in [1.82, 2.24) is 9.97 Å². The topological polar surface area (TPSA) is 58.6 Å². The van der Waals surface area contributed by atoms with E-state index in [-0.39, 0.29) is 12.3 Å². The minimum absolute atomic E-state index is 0.190. The first-order valence-corrected chi connectivity index (χ1v) is 11.7. The SMILES string of the molecule is Cc1ccc(Cl)cc1N1CCN(c2nc3ccccc3nc2C(=O)OCc2ccccc2)CC1. The van der Waals surface area contributed by atoms with Crippen LogP contribution in [0, 0.1) is 6.92 Å². The molecule has 1 fully saturated rings. The number of aromatic nitrogens is 2. The van der Waals surface area contributed by atoms with Gasteiger partial charge >= 0.3 is 5.97 Å². The van der Waals surface area contributed by atoms with Crippen molar-refractivity contribution in [3.05, 3.63) is 94.6 Å². The predicted octanol–water partition coefficient (Wildman–Crippen LogP) is 5.28. The van der Waals surface area contributed by atoms with Crippen molar-refractivity contribution in [3.63, 3.8) is 0 Å². The summed E-state index contributed by atoms with van der Waals surface area (Å²) in [5, 5.41) is 0.729. The molecule has 0 aliphatic carbocycles. The highest BCUT2D eigenvalue weighted by Gasteiger charge is 2.26. The van der Waals surface area contributed by atoms with Gasteiger partial charge in [-0.05, 0) is 42.3 Å². The third kappa shape index (κ3) is 4.68. The average molecular weight is 473 g/mol. The smallest absolute Gasteiger partial charge is 0.361 e. The highest BCUT2D eigenvalue weighted by atomic mass is 35.5. The van der Waals surface area contributed by atoms with E-state index in [0.717, 1.165) is 34.9 Å². The molecule has 4 aromatic rings. The Balaban J connectivity index is 1.40. The molecule has 1 saturated heterocycles. The Morgan fingerprint density at radius 2 is 1.53 bits per heavy atom. The number of hydrogen-bond donors (Lipinski definition) is 0. The van der Waals surface area contributed by atoms with Gasteiger partial charge in [-0.15, -0.1) is 0 Å². The zero-order valence-corrected chi connectivity index (χ0v) is 19.7. The molecule has 0 atom stereocenters. The molecule has 0 spiro atoms. The number of aryl methyl sites for hydroxylation is 1. The molecule has 2 heterocycles. The standard InChI is InChI=1S/C27H25ClN4O2/c1-19-11-12-21(28)17-24(19)31-13-15-32(16-14-31)26-25(29-22-9-5-6-10-23(22)30-26)27(33)34-18-20-7-3-2-4-8-20/h2-12,17H,13-16,18H2,1H3. The molecule has 172 valence electrons. The number of fused-ring (bicyclic) bond motifs is 1. The molecule has 0 radical (unpaired) electrons.